The van der Waals surface area contributed by atoms with Gasteiger partial charge in [0.2, 0.25) is 4.96 Å². The van der Waals surface area contributed by atoms with Crippen LogP contribution in [0.3, 0.4) is 0 Å². The average molecular weight is 438 g/mol. The first kappa shape index (κ1) is 20.7. The maximum absolute atomic E-state index is 12.7. The number of aryl methyl sites for hydroxylation is 1. The molecule has 160 valence electrons. The van der Waals surface area contributed by atoms with Crippen molar-refractivity contribution in [3.63, 3.8) is 0 Å². The minimum absolute atomic E-state index is 0.184. The molecule has 11 heteroatoms. The molecule has 0 bridgehead atoms. The zero-order valence-electron chi connectivity index (χ0n) is 16.4. The zero-order chi connectivity index (χ0) is 21.3. The molecule has 1 saturated heterocycles. The molecule has 0 radical (unpaired) electrons. The predicted octanol–water partition coefficient (Wildman–Crippen LogP) is 2.84. The Kier molecular flexibility index (Phi) is 5.74. The van der Waals surface area contributed by atoms with Crippen LogP contribution in [0.5, 0.6) is 0 Å². The van der Waals surface area contributed by atoms with Crippen LogP contribution in [0.4, 0.5) is 19.0 Å². The number of fused-ring (bicyclic) bond motifs is 1. The lowest BCUT2D eigenvalue weighted by Gasteiger charge is -2.22. The molecule has 0 spiro atoms. The lowest BCUT2D eigenvalue weighted by atomic mass is 10.2. The van der Waals surface area contributed by atoms with Crippen molar-refractivity contribution in [2.24, 2.45) is 0 Å². The molecular weight excluding hydrogens is 417 g/mol. The molecular formula is C19H21F3N6OS. The van der Waals surface area contributed by atoms with E-state index in [0.717, 1.165) is 36.7 Å². The molecule has 0 aliphatic carbocycles. The second kappa shape index (κ2) is 8.31. The third-order valence-corrected chi connectivity index (χ3v) is 6.07. The van der Waals surface area contributed by atoms with E-state index in [1.807, 2.05) is 11.8 Å². The van der Waals surface area contributed by atoms with E-state index in [1.54, 1.807) is 0 Å². The SMILES string of the molecule is CCc1nn2c(=O)cc(CN3CCCN(c4ccc(C(F)(F)F)cn4)CC3)nc2s1. The van der Waals surface area contributed by atoms with Crippen molar-refractivity contribution in [2.75, 3.05) is 31.1 Å². The first-order chi connectivity index (χ1) is 14.3. The van der Waals surface area contributed by atoms with Crippen LogP contribution in [0.25, 0.3) is 4.96 Å². The average Bonchev–Trinajstić information content (AvgIpc) is 3.00. The van der Waals surface area contributed by atoms with Crippen molar-refractivity contribution in [3.8, 4) is 0 Å². The molecule has 0 unspecified atom stereocenters. The summed E-state index contributed by atoms with van der Waals surface area (Å²) in [5, 5.41) is 5.13. The van der Waals surface area contributed by atoms with E-state index in [2.05, 4.69) is 20.0 Å². The van der Waals surface area contributed by atoms with Gasteiger partial charge in [-0.05, 0) is 25.0 Å². The highest BCUT2D eigenvalue weighted by Crippen LogP contribution is 2.29. The fourth-order valence-corrected chi connectivity index (χ4v) is 4.31. The Hall–Kier alpha value is -2.53. The Bertz CT molecular complexity index is 1080. The van der Waals surface area contributed by atoms with Gasteiger partial charge in [-0.2, -0.15) is 22.8 Å². The Labute approximate surface area is 174 Å². The highest BCUT2D eigenvalue weighted by molar-refractivity contribution is 7.16. The summed E-state index contributed by atoms with van der Waals surface area (Å²) in [5.41, 5.74) is -0.228. The highest BCUT2D eigenvalue weighted by atomic mass is 32.1. The molecule has 0 amide bonds. The van der Waals surface area contributed by atoms with E-state index < -0.39 is 11.7 Å². The topological polar surface area (TPSA) is 66.6 Å². The predicted molar refractivity (Wildman–Crippen MR) is 108 cm³/mol. The van der Waals surface area contributed by atoms with Crippen LogP contribution < -0.4 is 10.5 Å². The largest absolute Gasteiger partial charge is 0.417 e. The van der Waals surface area contributed by atoms with Gasteiger partial charge < -0.3 is 4.90 Å². The molecule has 1 aliphatic heterocycles. The smallest absolute Gasteiger partial charge is 0.355 e. The van der Waals surface area contributed by atoms with Crippen LogP contribution in [0, 0.1) is 0 Å². The molecule has 1 aliphatic rings. The van der Waals surface area contributed by atoms with E-state index in [0.29, 0.717) is 42.7 Å². The number of aromatic nitrogens is 4. The van der Waals surface area contributed by atoms with E-state index in [1.165, 1.54) is 28.0 Å². The van der Waals surface area contributed by atoms with Gasteiger partial charge in [-0.25, -0.2) is 9.97 Å². The molecule has 0 atom stereocenters. The summed E-state index contributed by atoms with van der Waals surface area (Å²) >= 11 is 1.42. The van der Waals surface area contributed by atoms with Gasteiger partial charge in [-0.1, -0.05) is 18.3 Å². The molecule has 0 N–H and O–H groups in total. The Morgan fingerprint density at radius 1 is 1.17 bits per heavy atom. The summed E-state index contributed by atoms with van der Waals surface area (Å²) < 4.78 is 39.6. The summed E-state index contributed by atoms with van der Waals surface area (Å²) in [6.07, 6.45) is -1.92. The van der Waals surface area contributed by atoms with Gasteiger partial charge in [0.05, 0.1) is 11.3 Å². The lowest BCUT2D eigenvalue weighted by molar-refractivity contribution is -0.137. The van der Waals surface area contributed by atoms with E-state index in [9.17, 15) is 18.0 Å². The number of nitrogens with zero attached hydrogens (tertiary/aromatic N) is 6. The van der Waals surface area contributed by atoms with E-state index in [4.69, 9.17) is 0 Å². The van der Waals surface area contributed by atoms with Crippen LogP contribution >= 0.6 is 11.3 Å². The molecule has 30 heavy (non-hydrogen) atoms. The minimum Gasteiger partial charge on any atom is -0.355 e. The summed E-state index contributed by atoms with van der Waals surface area (Å²) in [7, 11) is 0. The Morgan fingerprint density at radius 2 is 2.00 bits per heavy atom. The monoisotopic (exact) mass is 438 g/mol. The minimum atomic E-state index is -4.39. The molecule has 4 rings (SSSR count). The first-order valence-corrected chi connectivity index (χ1v) is 10.5. The molecule has 7 nitrogen and oxygen atoms in total. The van der Waals surface area contributed by atoms with Crippen molar-refractivity contribution in [1.29, 1.82) is 0 Å². The van der Waals surface area contributed by atoms with Gasteiger partial charge in [0, 0.05) is 45.0 Å². The van der Waals surface area contributed by atoms with Crippen LogP contribution in [-0.2, 0) is 19.1 Å². The second-order valence-corrected chi connectivity index (χ2v) is 8.19. The normalized spacial score (nSPS) is 16.2. The van der Waals surface area contributed by atoms with Gasteiger partial charge in [0.25, 0.3) is 5.56 Å². The molecule has 0 aromatic carbocycles. The quantitative estimate of drug-likeness (QED) is 0.624. The maximum Gasteiger partial charge on any atom is 0.417 e. The van der Waals surface area contributed by atoms with Crippen molar-refractivity contribution in [3.05, 3.63) is 51.0 Å². The highest BCUT2D eigenvalue weighted by Gasteiger charge is 2.31. The Balaban J connectivity index is 1.43. The Morgan fingerprint density at radius 3 is 2.70 bits per heavy atom. The molecule has 3 aromatic rings. The van der Waals surface area contributed by atoms with Crippen molar-refractivity contribution in [1.82, 2.24) is 24.5 Å². The van der Waals surface area contributed by atoms with E-state index in [-0.39, 0.29) is 5.56 Å². The number of hydrogen-bond acceptors (Lipinski definition) is 7. The standard InChI is InChI=1S/C19H21F3N6OS/c1-2-16-25-28-17(29)10-14(24-18(28)30-16)12-26-6-3-7-27(9-8-26)15-5-4-13(11-23-15)19(20,21)22/h4-5,10-11H,2-3,6-9,12H2,1H3. The summed E-state index contributed by atoms with van der Waals surface area (Å²) in [5.74, 6) is 0.541. The van der Waals surface area contributed by atoms with Crippen LogP contribution in [0.1, 0.15) is 29.6 Å². The second-order valence-electron chi connectivity index (χ2n) is 7.15. The van der Waals surface area contributed by atoms with E-state index >= 15 is 0 Å². The number of hydrogen-bond donors (Lipinski definition) is 0. The van der Waals surface area contributed by atoms with Crippen molar-refractivity contribution < 1.29 is 13.2 Å². The van der Waals surface area contributed by atoms with Crippen LogP contribution in [0.2, 0.25) is 0 Å². The molecule has 3 aromatic heterocycles. The lowest BCUT2D eigenvalue weighted by Crippen LogP contribution is -2.31. The maximum atomic E-state index is 12.7. The van der Waals surface area contributed by atoms with Crippen LogP contribution in [0.15, 0.2) is 29.2 Å². The van der Waals surface area contributed by atoms with Crippen LogP contribution in [-0.4, -0.2) is 50.7 Å². The van der Waals surface area contributed by atoms with Crippen molar-refractivity contribution >= 4 is 22.1 Å². The number of halogens is 3. The summed E-state index contributed by atoms with van der Waals surface area (Å²) in [6.45, 7) is 5.38. The van der Waals surface area contributed by atoms with Gasteiger partial charge >= 0.3 is 6.18 Å². The third-order valence-electron chi connectivity index (χ3n) is 5.02. The zero-order valence-corrected chi connectivity index (χ0v) is 17.2. The molecule has 1 fully saturated rings. The van der Waals surface area contributed by atoms with Crippen molar-refractivity contribution in [2.45, 2.75) is 32.5 Å². The number of rotatable bonds is 4. The van der Waals surface area contributed by atoms with Gasteiger partial charge in [-0.3, -0.25) is 9.69 Å². The summed E-state index contributed by atoms with van der Waals surface area (Å²) in [6, 6.07) is 4.01. The fraction of sp³-hybridized carbons (Fsp3) is 0.474. The number of pyridine rings is 1. The number of alkyl halides is 3. The van der Waals surface area contributed by atoms with Gasteiger partial charge in [0.15, 0.2) is 0 Å². The number of anilines is 1. The fourth-order valence-electron chi connectivity index (χ4n) is 3.45. The van der Waals surface area contributed by atoms with Gasteiger partial charge in [0.1, 0.15) is 10.8 Å². The molecule has 0 saturated carbocycles. The third kappa shape index (κ3) is 4.46. The summed E-state index contributed by atoms with van der Waals surface area (Å²) in [4.78, 5) is 25.7. The van der Waals surface area contributed by atoms with Gasteiger partial charge in [-0.15, -0.1) is 0 Å². The first-order valence-electron chi connectivity index (χ1n) is 9.72. The molecule has 4 heterocycles.